The van der Waals surface area contributed by atoms with Gasteiger partial charge in [0.1, 0.15) is 0 Å². The minimum atomic E-state index is -0.743. The summed E-state index contributed by atoms with van der Waals surface area (Å²) >= 11 is 0. The Hall–Kier alpha value is -2.77. The lowest BCUT2D eigenvalue weighted by Crippen LogP contribution is -2.38. The monoisotopic (exact) mass is 329 g/mol. The van der Waals surface area contributed by atoms with E-state index in [9.17, 15) is 9.59 Å². The Bertz CT molecular complexity index is 732. The molecule has 126 valence electrons. The standard InChI is InChI=1S/C16H19N5O3/c1-21-19-14(18-20-21)10-2-4-11(5-3-10)15(22)17-13-8-6-12(7-9-13)16(23)24/h2-5,12-13H,6-9H2,1H3,(H,17,22)(H,23,24). The largest absolute Gasteiger partial charge is 0.481 e. The van der Waals surface area contributed by atoms with Crippen LogP contribution in [0.5, 0.6) is 0 Å². The molecular formula is C16H19N5O3. The number of nitrogens with one attached hydrogen (secondary N) is 1. The summed E-state index contributed by atoms with van der Waals surface area (Å²) in [5.41, 5.74) is 1.35. The van der Waals surface area contributed by atoms with Crippen molar-refractivity contribution in [2.45, 2.75) is 31.7 Å². The maximum absolute atomic E-state index is 12.3. The first-order chi connectivity index (χ1) is 11.5. The van der Waals surface area contributed by atoms with Gasteiger partial charge in [-0.1, -0.05) is 12.1 Å². The zero-order chi connectivity index (χ0) is 17.1. The van der Waals surface area contributed by atoms with Crippen molar-refractivity contribution in [2.24, 2.45) is 13.0 Å². The lowest BCUT2D eigenvalue weighted by atomic mass is 9.86. The average Bonchev–Trinajstić information content (AvgIpc) is 3.02. The number of amides is 1. The van der Waals surface area contributed by atoms with Crippen LogP contribution in [0.15, 0.2) is 24.3 Å². The fourth-order valence-electron chi connectivity index (χ4n) is 2.92. The van der Waals surface area contributed by atoms with Crippen molar-refractivity contribution in [1.82, 2.24) is 25.5 Å². The third kappa shape index (κ3) is 3.58. The first-order valence-corrected chi connectivity index (χ1v) is 7.91. The van der Waals surface area contributed by atoms with Gasteiger partial charge in [-0.2, -0.15) is 4.80 Å². The topological polar surface area (TPSA) is 110 Å². The fraction of sp³-hybridized carbons (Fsp3) is 0.438. The van der Waals surface area contributed by atoms with Crippen molar-refractivity contribution in [3.63, 3.8) is 0 Å². The molecule has 1 saturated carbocycles. The van der Waals surface area contributed by atoms with Crippen LogP contribution in [-0.4, -0.2) is 43.2 Å². The molecule has 2 N–H and O–H groups in total. The van der Waals surface area contributed by atoms with Crippen LogP contribution >= 0.6 is 0 Å². The van der Waals surface area contributed by atoms with Crippen LogP contribution in [0.3, 0.4) is 0 Å². The molecule has 0 spiro atoms. The molecule has 0 radical (unpaired) electrons. The summed E-state index contributed by atoms with van der Waals surface area (Å²) in [5, 5.41) is 23.8. The molecule has 1 aromatic carbocycles. The minimum absolute atomic E-state index is 0.0365. The van der Waals surface area contributed by atoms with Gasteiger partial charge in [-0.25, -0.2) is 0 Å². The molecule has 1 aromatic heterocycles. The second-order valence-electron chi connectivity index (χ2n) is 6.04. The third-order valence-electron chi connectivity index (χ3n) is 4.33. The van der Waals surface area contributed by atoms with E-state index in [1.54, 1.807) is 31.3 Å². The van der Waals surface area contributed by atoms with E-state index in [-0.39, 0.29) is 17.9 Å². The van der Waals surface area contributed by atoms with Crippen molar-refractivity contribution in [3.05, 3.63) is 29.8 Å². The van der Waals surface area contributed by atoms with E-state index < -0.39 is 5.97 Å². The SMILES string of the molecule is Cn1nnc(-c2ccc(C(=O)NC3CCC(C(=O)O)CC3)cc2)n1. The van der Waals surface area contributed by atoms with Gasteiger partial charge in [0.05, 0.1) is 13.0 Å². The number of rotatable bonds is 4. The third-order valence-corrected chi connectivity index (χ3v) is 4.33. The molecule has 0 aliphatic heterocycles. The van der Waals surface area contributed by atoms with Crippen molar-refractivity contribution in [1.29, 1.82) is 0 Å². The normalized spacial score (nSPS) is 20.5. The van der Waals surface area contributed by atoms with Gasteiger partial charge in [0.2, 0.25) is 5.82 Å². The lowest BCUT2D eigenvalue weighted by molar-refractivity contribution is -0.142. The number of carboxylic acids is 1. The number of carbonyl (C=O) groups is 2. The molecule has 0 bridgehead atoms. The van der Waals surface area contributed by atoms with E-state index in [4.69, 9.17) is 5.11 Å². The molecule has 0 saturated heterocycles. The zero-order valence-corrected chi connectivity index (χ0v) is 13.3. The van der Waals surface area contributed by atoms with Crippen LogP contribution < -0.4 is 5.32 Å². The van der Waals surface area contributed by atoms with Crippen molar-refractivity contribution >= 4 is 11.9 Å². The number of carbonyl (C=O) groups excluding carboxylic acids is 1. The number of carboxylic acid groups (broad SMARTS) is 1. The van der Waals surface area contributed by atoms with Crippen LogP contribution in [0, 0.1) is 5.92 Å². The molecule has 0 unspecified atom stereocenters. The second-order valence-corrected chi connectivity index (χ2v) is 6.04. The quantitative estimate of drug-likeness (QED) is 0.873. The van der Waals surface area contributed by atoms with Gasteiger partial charge in [-0.05, 0) is 43.0 Å². The van der Waals surface area contributed by atoms with Crippen molar-refractivity contribution < 1.29 is 14.7 Å². The number of aryl methyl sites for hydroxylation is 1. The van der Waals surface area contributed by atoms with Gasteiger partial charge >= 0.3 is 5.97 Å². The number of hydrogen-bond acceptors (Lipinski definition) is 5. The lowest BCUT2D eigenvalue weighted by Gasteiger charge is -2.26. The van der Waals surface area contributed by atoms with Gasteiger partial charge in [0, 0.05) is 17.2 Å². The average molecular weight is 329 g/mol. The van der Waals surface area contributed by atoms with E-state index >= 15 is 0 Å². The Kier molecular flexibility index (Phi) is 4.54. The first kappa shape index (κ1) is 16.1. The highest BCUT2D eigenvalue weighted by molar-refractivity contribution is 5.94. The first-order valence-electron chi connectivity index (χ1n) is 7.91. The summed E-state index contributed by atoms with van der Waals surface area (Å²) in [5.74, 6) is -0.659. The van der Waals surface area contributed by atoms with Gasteiger partial charge in [-0.3, -0.25) is 9.59 Å². The molecule has 8 heteroatoms. The maximum atomic E-state index is 12.3. The summed E-state index contributed by atoms with van der Waals surface area (Å²) in [7, 11) is 1.69. The Morgan fingerprint density at radius 2 is 1.83 bits per heavy atom. The molecule has 1 amide bonds. The fourth-order valence-corrected chi connectivity index (χ4v) is 2.92. The highest BCUT2D eigenvalue weighted by Crippen LogP contribution is 2.24. The molecule has 1 fully saturated rings. The van der Waals surface area contributed by atoms with E-state index in [2.05, 4.69) is 20.7 Å². The Morgan fingerprint density at radius 3 is 2.38 bits per heavy atom. The van der Waals surface area contributed by atoms with E-state index in [0.29, 0.717) is 37.1 Å². The van der Waals surface area contributed by atoms with Crippen molar-refractivity contribution in [3.8, 4) is 11.4 Å². The van der Waals surface area contributed by atoms with Gasteiger partial charge < -0.3 is 10.4 Å². The molecule has 2 aromatic rings. The Balaban J connectivity index is 1.59. The number of benzene rings is 1. The van der Waals surface area contributed by atoms with E-state index in [1.807, 2.05) is 0 Å². The van der Waals surface area contributed by atoms with E-state index in [0.717, 1.165) is 5.56 Å². The number of hydrogen-bond donors (Lipinski definition) is 2. The zero-order valence-electron chi connectivity index (χ0n) is 13.3. The molecule has 1 aliphatic rings. The summed E-state index contributed by atoms with van der Waals surface area (Å²) in [6.45, 7) is 0. The Morgan fingerprint density at radius 1 is 1.17 bits per heavy atom. The highest BCUT2D eigenvalue weighted by Gasteiger charge is 2.26. The predicted octanol–water partition coefficient (Wildman–Crippen LogP) is 1.25. The van der Waals surface area contributed by atoms with E-state index in [1.165, 1.54) is 4.80 Å². The number of aromatic nitrogens is 4. The summed E-state index contributed by atoms with van der Waals surface area (Å²) < 4.78 is 0. The smallest absolute Gasteiger partial charge is 0.306 e. The number of aliphatic carboxylic acids is 1. The van der Waals surface area contributed by atoms with Crippen LogP contribution in [0.25, 0.3) is 11.4 Å². The van der Waals surface area contributed by atoms with Crippen LogP contribution in [0.4, 0.5) is 0 Å². The summed E-state index contributed by atoms with van der Waals surface area (Å²) in [6, 6.07) is 7.06. The van der Waals surface area contributed by atoms with Gasteiger partial charge in [0.25, 0.3) is 5.91 Å². The second kappa shape index (κ2) is 6.77. The number of tetrazole rings is 1. The predicted molar refractivity (Wildman–Crippen MR) is 85.1 cm³/mol. The maximum Gasteiger partial charge on any atom is 0.306 e. The van der Waals surface area contributed by atoms with Crippen LogP contribution in [0.1, 0.15) is 36.0 Å². The van der Waals surface area contributed by atoms with Gasteiger partial charge in [0.15, 0.2) is 0 Å². The Labute approximate surface area is 138 Å². The van der Waals surface area contributed by atoms with Crippen molar-refractivity contribution in [2.75, 3.05) is 0 Å². The molecule has 3 rings (SSSR count). The van der Waals surface area contributed by atoms with Crippen LogP contribution in [-0.2, 0) is 11.8 Å². The molecule has 24 heavy (non-hydrogen) atoms. The molecule has 1 aliphatic carbocycles. The molecule has 1 heterocycles. The van der Waals surface area contributed by atoms with Gasteiger partial charge in [-0.15, -0.1) is 10.2 Å². The molecular weight excluding hydrogens is 310 g/mol. The highest BCUT2D eigenvalue weighted by atomic mass is 16.4. The minimum Gasteiger partial charge on any atom is -0.481 e. The summed E-state index contributed by atoms with van der Waals surface area (Å²) in [4.78, 5) is 24.6. The number of nitrogens with zero attached hydrogens (tertiary/aromatic N) is 4. The molecule has 0 atom stereocenters. The van der Waals surface area contributed by atoms with Crippen LogP contribution in [0.2, 0.25) is 0 Å². The summed E-state index contributed by atoms with van der Waals surface area (Å²) in [6.07, 6.45) is 2.61. The molecule has 8 nitrogen and oxygen atoms in total.